The first kappa shape index (κ1) is 9.54. The largest absolute Gasteiger partial charge is 0.221 e. The van der Waals surface area contributed by atoms with Crippen molar-refractivity contribution in [1.82, 2.24) is 14.6 Å². The molecule has 0 fully saturated rings. The third-order valence-corrected chi connectivity index (χ3v) is 2.87. The second-order valence-electron chi connectivity index (χ2n) is 3.45. The molecule has 0 bridgehead atoms. The van der Waals surface area contributed by atoms with Gasteiger partial charge in [-0.05, 0) is 24.3 Å². The van der Waals surface area contributed by atoms with Crippen LogP contribution in [0, 0.1) is 0 Å². The number of hydrogen-bond donors (Lipinski definition) is 0. The fourth-order valence-corrected chi connectivity index (χ4v) is 1.82. The van der Waals surface area contributed by atoms with Crippen LogP contribution in [0.3, 0.4) is 0 Å². The van der Waals surface area contributed by atoms with Crippen LogP contribution in [0.2, 0.25) is 0 Å². The quantitative estimate of drug-likeness (QED) is 0.682. The highest BCUT2D eigenvalue weighted by Gasteiger charge is 2.04. The molecule has 0 radical (unpaired) electrons. The maximum Gasteiger partial charge on any atom is 0.182 e. The van der Waals surface area contributed by atoms with Gasteiger partial charge in [-0.3, -0.25) is 0 Å². The van der Waals surface area contributed by atoms with Crippen LogP contribution in [0.4, 0.5) is 0 Å². The SMILES string of the molecule is Brc1ccc(-c2nc3ccccn3n2)cc1. The standard InChI is InChI=1S/C12H8BrN3/c13-10-6-4-9(5-7-10)12-14-11-3-1-2-8-16(11)15-12/h1-8H. The minimum Gasteiger partial charge on any atom is -0.221 e. The number of hydrogen-bond acceptors (Lipinski definition) is 2. The molecular weight excluding hydrogens is 266 g/mol. The number of aromatic nitrogens is 3. The molecule has 1 aromatic carbocycles. The second kappa shape index (κ2) is 3.72. The van der Waals surface area contributed by atoms with Gasteiger partial charge in [-0.15, -0.1) is 5.10 Å². The van der Waals surface area contributed by atoms with Crippen molar-refractivity contribution >= 4 is 21.6 Å². The predicted molar refractivity (Wildman–Crippen MR) is 66.1 cm³/mol. The first-order valence-electron chi connectivity index (χ1n) is 4.90. The molecule has 2 heterocycles. The summed E-state index contributed by atoms with van der Waals surface area (Å²) >= 11 is 3.41. The topological polar surface area (TPSA) is 30.2 Å². The molecule has 78 valence electrons. The van der Waals surface area contributed by atoms with Crippen LogP contribution in [0.25, 0.3) is 17.0 Å². The molecule has 2 aromatic heterocycles. The Morgan fingerprint density at radius 1 is 1.00 bits per heavy atom. The molecule has 0 aliphatic carbocycles. The Balaban J connectivity index is 2.15. The summed E-state index contributed by atoms with van der Waals surface area (Å²) in [4.78, 5) is 4.45. The molecule has 0 unspecified atom stereocenters. The number of rotatable bonds is 1. The molecule has 0 atom stereocenters. The molecule has 0 amide bonds. The summed E-state index contributed by atoms with van der Waals surface area (Å²) in [5.74, 6) is 0.749. The van der Waals surface area contributed by atoms with Crippen molar-refractivity contribution in [1.29, 1.82) is 0 Å². The van der Waals surface area contributed by atoms with Crippen LogP contribution < -0.4 is 0 Å². The number of pyridine rings is 1. The van der Waals surface area contributed by atoms with Crippen molar-refractivity contribution in [3.05, 3.63) is 53.1 Å². The molecule has 3 aromatic rings. The lowest BCUT2D eigenvalue weighted by Crippen LogP contribution is -1.84. The lowest BCUT2D eigenvalue weighted by atomic mass is 10.2. The van der Waals surface area contributed by atoms with Gasteiger partial charge in [0.25, 0.3) is 0 Å². The molecule has 0 aliphatic rings. The van der Waals surface area contributed by atoms with Gasteiger partial charge in [0, 0.05) is 16.2 Å². The first-order chi connectivity index (χ1) is 7.83. The van der Waals surface area contributed by atoms with E-state index >= 15 is 0 Å². The van der Waals surface area contributed by atoms with Crippen molar-refractivity contribution in [2.75, 3.05) is 0 Å². The summed E-state index contributed by atoms with van der Waals surface area (Å²) in [6.45, 7) is 0. The van der Waals surface area contributed by atoms with E-state index in [1.807, 2.05) is 48.7 Å². The normalized spacial score (nSPS) is 10.8. The number of nitrogens with zero attached hydrogens (tertiary/aromatic N) is 3. The Kier molecular flexibility index (Phi) is 2.22. The van der Waals surface area contributed by atoms with Crippen molar-refractivity contribution in [3.8, 4) is 11.4 Å². The average Bonchev–Trinajstić information content (AvgIpc) is 2.73. The van der Waals surface area contributed by atoms with Gasteiger partial charge in [0.1, 0.15) is 0 Å². The van der Waals surface area contributed by atoms with Crippen molar-refractivity contribution in [2.24, 2.45) is 0 Å². The van der Waals surface area contributed by atoms with Gasteiger partial charge in [-0.1, -0.05) is 34.1 Å². The van der Waals surface area contributed by atoms with Crippen LogP contribution in [-0.2, 0) is 0 Å². The lowest BCUT2D eigenvalue weighted by molar-refractivity contribution is 0.966. The molecule has 0 saturated carbocycles. The van der Waals surface area contributed by atoms with Crippen molar-refractivity contribution < 1.29 is 0 Å². The third-order valence-electron chi connectivity index (χ3n) is 2.34. The van der Waals surface area contributed by atoms with Gasteiger partial charge in [0.05, 0.1) is 0 Å². The Morgan fingerprint density at radius 3 is 2.56 bits per heavy atom. The zero-order chi connectivity index (χ0) is 11.0. The van der Waals surface area contributed by atoms with E-state index in [0.29, 0.717) is 0 Å². The minimum absolute atomic E-state index is 0.749. The van der Waals surface area contributed by atoms with Crippen LogP contribution in [0.15, 0.2) is 53.1 Å². The van der Waals surface area contributed by atoms with E-state index in [9.17, 15) is 0 Å². The molecule has 0 N–H and O–H groups in total. The molecule has 3 rings (SSSR count). The molecule has 3 nitrogen and oxygen atoms in total. The predicted octanol–water partition coefficient (Wildman–Crippen LogP) is 3.16. The van der Waals surface area contributed by atoms with E-state index in [0.717, 1.165) is 21.5 Å². The van der Waals surface area contributed by atoms with Gasteiger partial charge in [0.2, 0.25) is 0 Å². The highest BCUT2D eigenvalue weighted by atomic mass is 79.9. The van der Waals surface area contributed by atoms with Crippen LogP contribution in [0.5, 0.6) is 0 Å². The number of fused-ring (bicyclic) bond motifs is 1. The van der Waals surface area contributed by atoms with Crippen LogP contribution >= 0.6 is 15.9 Å². The lowest BCUT2D eigenvalue weighted by Gasteiger charge is -1.93. The van der Waals surface area contributed by atoms with E-state index in [1.54, 1.807) is 4.52 Å². The Labute approximate surface area is 101 Å². The zero-order valence-corrected chi connectivity index (χ0v) is 9.92. The Hall–Kier alpha value is -1.68. The highest BCUT2D eigenvalue weighted by Crippen LogP contribution is 2.19. The maximum atomic E-state index is 4.45. The molecule has 0 spiro atoms. The van der Waals surface area contributed by atoms with E-state index in [-0.39, 0.29) is 0 Å². The second-order valence-corrected chi connectivity index (χ2v) is 4.36. The smallest absolute Gasteiger partial charge is 0.182 e. The summed E-state index contributed by atoms with van der Waals surface area (Å²) < 4.78 is 2.83. The summed E-state index contributed by atoms with van der Waals surface area (Å²) in [7, 11) is 0. The molecule has 0 aliphatic heterocycles. The minimum atomic E-state index is 0.749. The van der Waals surface area contributed by atoms with E-state index < -0.39 is 0 Å². The molecular formula is C12H8BrN3. The van der Waals surface area contributed by atoms with E-state index in [2.05, 4.69) is 26.0 Å². The fourth-order valence-electron chi connectivity index (χ4n) is 1.55. The highest BCUT2D eigenvalue weighted by molar-refractivity contribution is 9.10. The first-order valence-corrected chi connectivity index (χ1v) is 5.69. The summed E-state index contributed by atoms with van der Waals surface area (Å²) in [5.41, 5.74) is 1.88. The van der Waals surface area contributed by atoms with Crippen molar-refractivity contribution in [2.45, 2.75) is 0 Å². The van der Waals surface area contributed by atoms with E-state index in [1.165, 1.54) is 0 Å². The van der Waals surface area contributed by atoms with Gasteiger partial charge in [-0.25, -0.2) is 9.50 Å². The summed E-state index contributed by atoms with van der Waals surface area (Å²) in [5, 5.41) is 4.40. The molecule has 4 heteroatoms. The number of benzene rings is 1. The zero-order valence-electron chi connectivity index (χ0n) is 8.34. The number of halogens is 1. The van der Waals surface area contributed by atoms with Crippen LogP contribution in [-0.4, -0.2) is 14.6 Å². The van der Waals surface area contributed by atoms with Gasteiger partial charge < -0.3 is 0 Å². The van der Waals surface area contributed by atoms with Gasteiger partial charge >= 0.3 is 0 Å². The third kappa shape index (κ3) is 1.61. The fraction of sp³-hybridized carbons (Fsp3) is 0. The summed E-state index contributed by atoms with van der Waals surface area (Å²) in [6.07, 6.45) is 1.89. The van der Waals surface area contributed by atoms with E-state index in [4.69, 9.17) is 0 Å². The van der Waals surface area contributed by atoms with Gasteiger partial charge in [-0.2, -0.15) is 0 Å². The van der Waals surface area contributed by atoms with Crippen molar-refractivity contribution in [3.63, 3.8) is 0 Å². The monoisotopic (exact) mass is 273 g/mol. The van der Waals surface area contributed by atoms with Crippen LogP contribution in [0.1, 0.15) is 0 Å². The molecule has 0 saturated heterocycles. The summed E-state index contributed by atoms with van der Waals surface area (Å²) in [6, 6.07) is 13.8. The maximum absolute atomic E-state index is 4.45. The Bertz CT molecular complexity index is 595. The molecule has 16 heavy (non-hydrogen) atoms. The van der Waals surface area contributed by atoms with Gasteiger partial charge in [0.15, 0.2) is 11.5 Å². The Morgan fingerprint density at radius 2 is 1.81 bits per heavy atom. The average molecular weight is 274 g/mol.